The van der Waals surface area contributed by atoms with Crippen LogP contribution in [0.15, 0.2) is 18.2 Å². The van der Waals surface area contributed by atoms with Crippen LogP contribution < -0.4 is 5.73 Å². The van der Waals surface area contributed by atoms with Crippen LogP contribution in [0.4, 0.5) is 5.69 Å². The van der Waals surface area contributed by atoms with Gasteiger partial charge >= 0.3 is 0 Å². The van der Waals surface area contributed by atoms with Crippen LogP contribution in [0.5, 0.6) is 0 Å². The van der Waals surface area contributed by atoms with Gasteiger partial charge in [-0.3, -0.25) is 0 Å². The van der Waals surface area contributed by atoms with Gasteiger partial charge in [-0.15, -0.1) is 21.5 Å². The van der Waals surface area contributed by atoms with Gasteiger partial charge in [0.25, 0.3) is 0 Å². The van der Waals surface area contributed by atoms with Gasteiger partial charge in [-0.1, -0.05) is 17.7 Å². The number of benzene rings is 1. The molecule has 0 saturated carbocycles. The minimum absolute atomic E-state index is 0.607. The minimum Gasteiger partial charge on any atom is -0.398 e. The zero-order valence-electron chi connectivity index (χ0n) is 8.90. The molecule has 0 bridgehead atoms. The maximum Gasteiger partial charge on any atom is 0.117 e. The first kappa shape index (κ1) is 11.4. The molecule has 1 heterocycles. The van der Waals surface area contributed by atoms with Crippen LogP contribution in [0.1, 0.15) is 15.6 Å². The molecule has 2 aromatic rings. The van der Waals surface area contributed by atoms with Crippen molar-refractivity contribution < 1.29 is 0 Å². The lowest BCUT2D eigenvalue weighted by Gasteiger charge is -2.02. The summed E-state index contributed by atoms with van der Waals surface area (Å²) in [6.07, 6.45) is 1.81. The molecule has 0 saturated heterocycles. The van der Waals surface area contributed by atoms with Crippen molar-refractivity contribution >= 4 is 28.6 Å². The van der Waals surface area contributed by atoms with Crippen molar-refractivity contribution in [2.45, 2.75) is 19.8 Å². The Hall–Kier alpha value is -1.13. The van der Waals surface area contributed by atoms with E-state index in [1.165, 1.54) is 5.56 Å². The lowest BCUT2D eigenvalue weighted by atomic mass is 10.1. The molecule has 2 N–H and O–H groups in total. The van der Waals surface area contributed by atoms with Crippen LogP contribution in [0.2, 0.25) is 5.02 Å². The molecule has 0 spiro atoms. The highest BCUT2D eigenvalue weighted by molar-refractivity contribution is 7.11. The number of rotatable bonds is 3. The zero-order chi connectivity index (χ0) is 11.5. The first-order valence-electron chi connectivity index (χ1n) is 4.98. The predicted octanol–water partition coefficient (Wildman–Crippen LogP) is 2.87. The van der Waals surface area contributed by atoms with Crippen LogP contribution in [0, 0.1) is 6.92 Å². The highest BCUT2D eigenvalue weighted by Gasteiger charge is 2.03. The number of aromatic nitrogens is 2. The first-order valence-corrected chi connectivity index (χ1v) is 6.17. The molecule has 0 aliphatic carbocycles. The van der Waals surface area contributed by atoms with Gasteiger partial charge in [0.1, 0.15) is 10.0 Å². The monoisotopic (exact) mass is 253 g/mol. The van der Waals surface area contributed by atoms with Gasteiger partial charge in [0.15, 0.2) is 0 Å². The van der Waals surface area contributed by atoms with E-state index in [0.29, 0.717) is 10.7 Å². The van der Waals surface area contributed by atoms with E-state index in [1.54, 1.807) is 11.3 Å². The van der Waals surface area contributed by atoms with Crippen molar-refractivity contribution in [1.82, 2.24) is 10.2 Å². The van der Waals surface area contributed by atoms with E-state index < -0.39 is 0 Å². The van der Waals surface area contributed by atoms with E-state index in [4.69, 9.17) is 17.3 Å². The summed E-state index contributed by atoms with van der Waals surface area (Å²) in [7, 11) is 0. The molecule has 0 radical (unpaired) electrons. The summed E-state index contributed by atoms with van der Waals surface area (Å²) < 4.78 is 0. The third kappa shape index (κ3) is 2.71. The molecule has 0 amide bonds. The Morgan fingerprint density at radius 3 is 2.75 bits per heavy atom. The standard InChI is InChI=1S/C11H12ClN3S/c1-7-14-15-11(16-7)5-3-8-2-4-9(12)10(13)6-8/h2,4,6H,3,5,13H2,1H3. The Balaban J connectivity index is 2.02. The number of nitrogens with zero attached hydrogens (tertiary/aromatic N) is 2. The highest BCUT2D eigenvalue weighted by atomic mass is 35.5. The second kappa shape index (κ2) is 4.80. The maximum absolute atomic E-state index is 5.86. The van der Waals surface area contributed by atoms with E-state index in [9.17, 15) is 0 Å². The van der Waals surface area contributed by atoms with Crippen LogP contribution in [0.25, 0.3) is 0 Å². The maximum atomic E-state index is 5.86. The Bertz CT molecular complexity index is 496. The number of hydrogen-bond donors (Lipinski definition) is 1. The summed E-state index contributed by atoms with van der Waals surface area (Å²) in [5.41, 5.74) is 7.54. The smallest absolute Gasteiger partial charge is 0.117 e. The molecule has 0 aliphatic heterocycles. The molecule has 1 aromatic carbocycles. The van der Waals surface area contributed by atoms with Crippen molar-refractivity contribution in [3.63, 3.8) is 0 Å². The van der Waals surface area contributed by atoms with Gasteiger partial charge in [-0.2, -0.15) is 0 Å². The van der Waals surface area contributed by atoms with Gasteiger partial charge in [0.05, 0.1) is 10.7 Å². The van der Waals surface area contributed by atoms with Crippen LogP contribution >= 0.6 is 22.9 Å². The Morgan fingerprint density at radius 2 is 2.12 bits per heavy atom. The van der Waals surface area contributed by atoms with Crippen LogP contribution in [-0.2, 0) is 12.8 Å². The summed E-state index contributed by atoms with van der Waals surface area (Å²) in [6, 6.07) is 5.74. The predicted molar refractivity (Wildman–Crippen MR) is 67.9 cm³/mol. The van der Waals surface area contributed by atoms with Gasteiger partial charge in [0, 0.05) is 6.42 Å². The van der Waals surface area contributed by atoms with Crippen LogP contribution in [0.3, 0.4) is 0 Å². The summed E-state index contributed by atoms with van der Waals surface area (Å²) in [5, 5.41) is 10.7. The fourth-order valence-corrected chi connectivity index (χ4v) is 2.26. The van der Waals surface area contributed by atoms with Crippen molar-refractivity contribution in [2.24, 2.45) is 0 Å². The van der Waals surface area contributed by atoms with E-state index in [-0.39, 0.29) is 0 Å². The molecule has 84 valence electrons. The van der Waals surface area contributed by atoms with Gasteiger partial charge in [-0.25, -0.2) is 0 Å². The lowest BCUT2D eigenvalue weighted by molar-refractivity contribution is 0.898. The average molecular weight is 254 g/mol. The molecule has 0 unspecified atom stereocenters. The van der Waals surface area contributed by atoms with Crippen molar-refractivity contribution in [3.05, 3.63) is 38.8 Å². The molecule has 16 heavy (non-hydrogen) atoms. The number of hydrogen-bond acceptors (Lipinski definition) is 4. The zero-order valence-corrected chi connectivity index (χ0v) is 10.5. The SMILES string of the molecule is Cc1nnc(CCc2ccc(Cl)c(N)c2)s1. The third-order valence-electron chi connectivity index (χ3n) is 2.26. The number of nitrogen functional groups attached to an aromatic ring is 1. The second-order valence-electron chi connectivity index (χ2n) is 3.57. The number of aryl methyl sites for hydroxylation is 3. The Morgan fingerprint density at radius 1 is 1.31 bits per heavy atom. The normalized spacial score (nSPS) is 10.6. The Kier molecular flexibility index (Phi) is 3.41. The van der Waals surface area contributed by atoms with Gasteiger partial charge < -0.3 is 5.73 Å². The van der Waals surface area contributed by atoms with Gasteiger partial charge in [-0.05, 0) is 31.0 Å². The van der Waals surface area contributed by atoms with Crippen LogP contribution in [-0.4, -0.2) is 10.2 Å². The molecule has 0 fully saturated rings. The minimum atomic E-state index is 0.607. The number of anilines is 1. The largest absolute Gasteiger partial charge is 0.398 e. The topological polar surface area (TPSA) is 51.8 Å². The number of halogens is 1. The molecular weight excluding hydrogens is 242 g/mol. The summed E-state index contributed by atoms with van der Waals surface area (Å²) in [4.78, 5) is 0. The molecule has 0 atom stereocenters. The van der Waals surface area contributed by atoms with Gasteiger partial charge in [0.2, 0.25) is 0 Å². The molecule has 5 heteroatoms. The summed E-state index contributed by atoms with van der Waals surface area (Å²) >= 11 is 7.49. The summed E-state index contributed by atoms with van der Waals surface area (Å²) in [5.74, 6) is 0. The lowest BCUT2D eigenvalue weighted by Crippen LogP contribution is -1.93. The van der Waals surface area contributed by atoms with E-state index >= 15 is 0 Å². The molecule has 0 aliphatic rings. The van der Waals surface area contributed by atoms with Crippen molar-refractivity contribution in [2.75, 3.05) is 5.73 Å². The molecule has 3 nitrogen and oxygen atoms in total. The molecule has 1 aromatic heterocycles. The van der Waals surface area contributed by atoms with Crippen molar-refractivity contribution in [1.29, 1.82) is 0 Å². The summed E-state index contributed by atoms with van der Waals surface area (Å²) in [6.45, 7) is 1.96. The van der Waals surface area contributed by atoms with E-state index in [2.05, 4.69) is 10.2 Å². The first-order chi connectivity index (χ1) is 7.65. The highest BCUT2D eigenvalue weighted by Crippen LogP contribution is 2.20. The molecular formula is C11H12ClN3S. The van der Waals surface area contributed by atoms with Crippen molar-refractivity contribution in [3.8, 4) is 0 Å². The second-order valence-corrected chi connectivity index (χ2v) is 5.24. The van der Waals surface area contributed by atoms with E-state index in [0.717, 1.165) is 22.9 Å². The Labute approximate surface area is 103 Å². The third-order valence-corrected chi connectivity index (χ3v) is 3.50. The fraction of sp³-hybridized carbons (Fsp3) is 0.273. The number of nitrogens with two attached hydrogens (primary N) is 1. The average Bonchev–Trinajstić information content (AvgIpc) is 2.66. The fourth-order valence-electron chi connectivity index (χ4n) is 1.44. The molecule has 2 rings (SSSR count). The quantitative estimate of drug-likeness (QED) is 0.856. The van der Waals surface area contributed by atoms with E-state index in [1.807, 2.05) is 25.1 Å².